The highest BCUT2D eigenvalue weighted by molar-refractivity contribution is 6.80. The van der Waals surface area contributed by atoms with Crippen molar-refractivity contribution >= 4 is 8.07 Å². The Hall–Kier alpha value is 0.217. The van der Waals surface area contributed by atoms with E-state index in [1.165, 1.54) is 0 Å². The van der Waals surface area contributed by atoms with Crippen LogP contribution in [0.5, 0.6) is 0 Å². The van der Waals surface area contributed by atoms with Crippen LogP contribution in [0.4, 0.5) is 0 Å². The molecule has 0 radical (unpaired) electrons. The van der Waals surface area contributed by atoms with Gasteiger partial charge in [0.15, 0.2) is 0 Å². The summed E-state index contributed by atoms with van der Waals surface area (Å²) in [5.41, 5.74) is 0. The van der Waals surface area contributed by atoms with Gasteiger partial charge in [-0.25, -0.2) is 0 Å². The fourth-order valence-electron chi connectivity index (χ4n) is 2.69. The summed E-state index contributed by atoms with van der Waals surface area (Å²) in [5, 5.41) is 0. The van der Waals surface area contributed by atoms with Gasteiger partial charge < -0.3 is 0 Å². The van der Waals surface area contributed by atoms with Crippen LogP contribution in [0.2, 0.25) is 24.2 Å². The third kappa shape index (κ3) is 2.33. The zero-order valence-electron chi connectivity index (χ0n) is 8.32. The second-order valence-electron chi connectivity index (χ2n) is 4.66. The van der Waals surface area contributed by atoms with Gasteiger partial charge in [-0.3, -0.25) is 0 Å². The SMILES string of the molecule is CC[Si]1(CC(C)C)CCCC1. The molecule has 1 heterocycles. The van der Waals surface area contributed by atoms with Crippen LogP contribution in [0.25, 0.3) is 0 Å². The highest BCUT2D eigenvalue weighted by Gasteiger charge is 2.34. The molecular formula is C10H22Si. The van der Waals surface area contributed by atoms with E-state index in [0.717, 1.165) is 5.92 Å². The van der Waals surface area contributed by atoms with Gasteiger partial charge >= 0.3 is 0 Å². The molecule has 11 heavy (non-hydrogen) atoms. The van der Waals surface area contributed by atoms with E-state index in [1.807, 2.05) is 0 Å². The van der Waals surface area contributed by atoms with Crippen LogP contribution in [0.15, 0.2) is 0 Å². The van der Waals surface area contributed by atoms with Crippen molar-refractivity contribution in [2.24, 2.45) is 5.92 Å². The van der Waals surface area contributed by atoms with E-state index in [4.69, 9.17) is 0 Å². The Labute approximate surface area is 72.4 Å². The summed E-state index contributed by atoms with van der Waals surface area (Å²) in [4.78, 5) is 0. The van der Waals surface area contributed by atoms with Crippen LogP contribution in [-0.4, -0.2) is 8.07 Å². The Morgan fingerprint density at radius 2 is 1.73 bits per heavy atom. The molecule has 0 amide bonds. The average molecular weight is 170 g/mol. The minimum atomic E-state index is -0.669. The topological polar surface area (TPSA) is 0 Å². The molecule has 0 aromatic heterocycles. The zero-order valence-corrected chi connectivity index (χ0v) is 9.32. The lowest BCUT2D eigenvalue weighted by Gasteiger charge is -2.26. The highest BCUT2D eigenvalue weighted by Crippen LogP contribution is 2.38. The van der Waals surface area contributed by atoms with Crippen LogP contribution in [0.3, 0.4) is 0 Å². The van der Waals surface area contributed by atoms with Crippen LogP contribution >= 0.6 is 0 Å². The first-order valence-corrected chi connectivity index (χ1v) is 8.01. The summed E-state index contributed by atoms with van der Waals surface area (Å²) in [7, 11) is -0.669. The summed E-state index contributed by atoms with van der Waals surface area (Å²) < 4.78 is 0. The first-order chi connectivity index (χ1) is 5.18. The fraction of sp³-hybridized carbons (Fsp3) is 1.00. The lowest BCUT2D eigenvalue weighted by Crippen LogP contribution is -2.30. The molecule has 1 heteroatoms. The van der Waals surface area contributed by atoms with E-state index in [0.29, 0.717) is 0 Å². The van der Waals surface area contributed by atoms with Crippen molar-refractivity contribution in [3.63, 3.8) is 0 Å². The van der Waals surface area contributed by atoms with Gasteiger partial charge in [-0.15, -0.1) is 0 Å². The molecule has 1 saturated heterocycles. The van der Waals surface area contributed by atoms with Gasteiger partial charge in [-0.2, -0.15) is 0 Å². The molecular weight excluding hydrogens is 148 g/mol. The maximum absolute atomic E-state index is 2.43. The van der Waals surface area contributed by atoms with Gasteiger partial charge in [-0.05, 0) is 5.92 Å². The van der Waals surface area contributed by atoms with Gasteiger partial charge in [0.2, 0.25) is 0 Å². The Balaban J connectivity index is 2.45. The van der Waals surface area contributed by atoms with E-state index in [1.54, 1.807) is 37.0 Å². The molecule has 0 bridgehead atoms. The van der Waals surface area contributed by atoms with Crippen molar-refractivity contribution in [3.05, 3.63) is 0 Å². The highest BCUT2D eigenvalue weighted by atomic mass is 28.3. The van der Waals surface area contributed by atoms with Gasteiger partial charge in [0.1, 0.15) is 0 Å². The van der Waals surface area contributed by atoms with Crippen molar-refractivity contribution in [1.29, 1.82) is 0 Å². The standard InChI is InChI=1S/C10H22Si/c1-4-11(9-10(2)3)7-5-6-8-11/h10H,4-9H2,1-3H3. The summed E-state index contributed by atoms with van der Waals surface area (Å²) in [6.45, 7) is 7.21. The molecule has 66 valence electrons. The van der Waals surface area contributed by atoms with Crippen LogP contribution in [0, 0.1) is 5.92 Å². The van der Waals surface area contributed by atoms with Gasteiger partial charge in [0.05, 0.1) is 8.07 Å². The van der Waals surface area contributed by atoms with Crippen molar-refractivity contribution in [2.45, 2.75) is 57.8 Å². The Bertz CT molecular complexity index is 112. The number of hydrogen-bond acceptors (Lipinski definition) is 0. The Kier molecular flexibility index (Phi) is 3.17. The molecule has 0 aromatic rings. The molecule has 0 spiro atoms. The van der Waals surface area contributed by atoms with E-state index in [9.17, 15) is 0 Å². The molecule has 0 nitrogen and oxygen atoms in total. The fourth-order valence-corrected chi connectivity index (χ4v) is 8.08. The molecule has 0 N–H and O–H groups in total. The predicted molar refractivity (Wildman–Crippen MR) is 54.7 cm³/mol. The molecule has 1 aliphatic heterocycles. The predicted octanol–water partition coefficient (Wildman–Crippen LogP) is 3.90. The third-order valence-corrected chi connectivity index (χ3v) is 9.27. The van der Waals surface area contributed by atoms with Crippen molar-refractivity contribution < 1.29 is 0 Å². The van der Waals surface area contributed by atoms with Crippen LogP contribution < -0.4 is 0 Å². The second-order valence-corrected chi connectivity index (χ2v) is 9.77. The third-order valence-electron chi connectivity index (χ3n) is 3.26. The Morgan fingerprint density at radius 1 is 1.18 bits per heavy atom. The molecule has 0 atom stereocenters. The van der Waals surface area contributed by atoms with E-state index in [2.05, 4.69) is 20.8 Å². The van der Waals surface area contributed by atoms with Crippen molar-refractivity contribution in [1.82, 2.24) is 0 Å². The Morgan fingerprint density at radius 3 is 2.09 bits per heavy atom. The smallest absolute Gasteiger partial charge is 0.0535 e. The van der Waals surface area contributed by atoms with Gasteiger partial charge in [0, 0.05) is 0 Å². The lowest BCUT2D eigenvalue weighted by molar-refractivity contribution is 0.714. The zero-order chi connectivity index (χ0) is 8.32. The summed E-state index contributed by atoms with van der Waals surface area (Å²) >= 11 is 0. The largest absolute Gasteiger partial charge is 0.0678 e. The summed E-state index contributed by atoms with van der Waals surface area (Å²) in [5.74, 6) is 0.958. The van der Waals surface area contributed by atoms with E-state index < -0.39 is 8.07 Å². The number of rotatable bonds is 3. The van der Waals surface area contributed by atoms with E-state index in [-0.39, 0.29) is 0 Å². The lowest BCUT2D eigenvalue weighted by atomic mass is 10.3. The molecule has 0 unspecified atom stereocenters. The van der Waals surface area contributed by atoms with Crippen LogP contribution in [-0.2, 0) is 0 Å². The minimum Gasteiger partial charge on any atom is -0.0678 e. The minimum absolute atomic E-state index is 0.669. The maximum atomic E-state index is 2.43. The first kappa shape index (κ1) is 9.31. The summed E-state index contributed by atoms with van der Waals surface area (Å²) in [6.07, 6.45) is 3.10. The quantitative estimate of drug-likeness (QED) is 0.563. The van der Waals surface area contributed by atoms with Crippen LogP contribution in [0.1, 0.15) is 33.6 Å². The number of hydrogen-bond donors (Lipinski definition) is 0. The van der Waals surface area contributed by atoms with E-state index >= 15 is 0 Å². The molecule has 0 aliphatic carbocycles. The first-order valence-electron chi connectivity index (χ1n) is 5.18. The maximum Gasteiger partial charge on any atom is 0.0535 e. The molecule has 0 saturated carbocycles. The monoisotopic (exact) mass is 170 g/mol. The molecule has 1 aliphatic rings. The van der Waals surface area contributed by atoms with Gasteiger partial charge in [0.25, 0.3) is 0 Å². The van der Waals surface area contributed by atoms with Gasteiger partial charge in [-0.1, -0.05) is 57.8 Å². The van der Waals surface area contributed by atoms with Crippen molar-refractivity contribution in [2.75, 3.05) is 0 Å². The normalized spacial score (nSPS) is 22.9. The molecule has 1 fully saturated rings. The average Bonchev–Trinajstić information content (AvgIpc) is 2.36. The summed E-state index contributed by atoms with van der Waals surface area (Å²) in [6, 6.07) is 6.43. The molecule has 1 rings (SSSR count). The molecule has 0 aromatic carbocycles. The van der Waals surface area contributed by atoms with Crippen molar-refractivity contribution in [3.8, 4) is 0 Å². The second kappa shape index (κ2) is 3.75.